The highest BCUT2D eigenvalue weighted by Crippen LogP contribution is 2.17. The SMILES string of the molecule is CCCCCCCCCCCCCCCCCCCC/C=C/C(O)C(CS(=O)(=O)O)NC(=O)C(O)CCCCCCCCCCCCCCCCCCCCCCCC. The number of hydrogen-bond acceptors (Lipinski definition) is 5. The number of rotatable bonds is 48. The molecule has 0 spiro atoms. The first-order valence-corrected chi connectivity index (χ1v) is 27.6. The van der Waals surface area contributed by atoms with E-state index in [4.69, 9.17) is 0 Å². The number of carbonyl (C=O) groups is 1. The summed E-state index contributed by atoms with van der Waals surface area (Å²) in [7, 11) is -4.44. The van der Waals surface area contributed by atoms with Gasteiger partial charge in [-0.25, -0.2) is 0 Å². The third-order valence-electron chi connectivity index (χ3n) is 12.3. The highest BCUT2D eigenvalue weighted by molar-refractivity contribution is 7.85. The lowest BCUT2D eigenvalue weighted by Gasteiger charge is -2.22. The minimum atomic E-state index is -4.44. The quantitative estimate of drug-likeness (QED) is 0.0274. The fourth-order valence-electron chi connectivity index (χ4n) is 8.34. The number of nitrogens with one attached hydrogen (secondary N) is 1. The molecule has 352 valence electrons. The number of aliphatic hydroxyl groups excluding tert-OH is 2. The Balaban J connectivity index is 3.85. The topological polar surface area (TPSA) is 124 Å². The molecular formula is C51H101NO6S. The summed E-state index contributed by atoms with van der Waals surface area (Å²) >= 11 is 0. The average Bonchev–Trinajstić information content (AvgIpc) is 3.21. The molecule has 0 aliphatic heterocycles. The summed E-state index contributed by atoms with van der Waals surface area (Å²) in [5, 5.41) is 23.6. The lowest BCUT2D eigenvalue weighted by atomic mass is 10.0. The fourth-order valence-corrected chi connectivity index (χ4v) is 9.08. The van der Waals surface area contributed by atoms with Crippen molar-refractivity contribution in [1.29, 1.82) is 0 Å². The molecule has 59 heavy (non-hydrogen) atoms. The minimum Gasteiger partial charge on any atom is -0.387 e. The summed E-state index contributed by atoms with van der Waals surface area (Å²) in [6.07, 6.45) is 54.3. The molecule has 0 aromatic heterocycles. The number of allylic oxidation sites excluding steroid dienone is 1. The Kier molecular flexibility index (Phi) is 44.3. The zero-order chi connectivity index (χ0) is 43.3. The van der Waals surface area contributed by atoms with Gasteiger partial charge in [0.1, 0.15) is 6.10 Å². The van der Waals surface area contributed by atoms with Crippen LogP contribution in [0.1, 0.15) is 284 Å². The fraction of sp³-hybridized carbons (Fsp3) is 0.941. The van der Waals surface area contributed by atoms with Gasteiger partial charge in [-0.15, -0.1) is 0 Å². The Morgan fingerprint density at radius 1 is 0.458 bits per heavy atom. The van der Waals surface area contributed by atoms with E-state index in [1.807, 2.05) is 6.08 Å². The van der Waals surface area contributed by atoms with Gasteiger partial charge in [-0.3, -0.25) is 9.35 Å². The molecule has 7 nitrogen and oxygen atoms in total. The molecule has 0 radical (unpaired) electrons. The Hall–Kier alpha value is -0.960. The summed E-state index contributed by atoms with van der Waals surface area (Å²) in [6, 6.07) is -1.23. The van der Waals surface area contributed by atoms with Gasteiger partial charge in [0.25, 0.3) is 10.1 Å². The molecule has 0 fully saturated rings. The summed E-state index contributed by atoms with van der Waals surface area (Å²) in [4.78, 5) is 12.7. The normalized spacial score (nSPS) is 13.6. The van der Waals surface area contributed by atoms with Gasteiger partial charge in [0.05, 0.1) is 17.9 Å². The van der Waals surface area contributed by atoms with Crippen molar-refractivity contribution in [2.75, 3.05) is 5.75 Å². The van der Waals surface area contributed by atoms with Crippen LogP contribution in [0.25, 0.3) is 0 Å². The Bertz CT molecular complexity index is 1000. The van der Waals surface area contributed by atoms with Gasteiger partial charge in [0, 0.05) is 0 Å². The van der Waals surface area contributed by atoms with Gasteiger partial charge < -0.3 is 15.5 Å². The molecule has 0 aliphatic carbocycles. The Labute approximate surface area is 367 Å². The third-order valence-corrected chi connectivity index (χ3v) is 13.1. The maximum Gasteiger partial charge on any atom is 0.267 e. The summed E-state index contributed by atoms with van der Waals surface area (Å²) in [5.74, 6) is -1.52. The summed E-state index contributed by atoms with van der Waals surface area (Å²) in [6.45, 7) is 4.55. The molecule has 3 unspecified atom stereocenters. The first kappa shape index (κ1) is 58.0. The van der Waals surface area contributed by atoms with Crippen molar-refractivity contribution in [2.24, 2.45) is 0 Å². The van der Waals surface area contributed by atoms with E-state index in [0.717, 1.165) is 38.5 Å². The van der Waals surface area contributed by atoms with Crippen LogP contribution in [0.4, 0.5) is 0 Å². The van der Waals surface area contributed by atoms with Gasteiger partial charge in [0.2, 0.25) is 5.91 Å². The molecule has 0 aliphatic rings. The predicted octanol–water partition coefficient (Wildman–Crippen LogP) is 15.1. The number of amides is 1. The zero-order valence-corrected chi connectivity index (χ0v) is 40.1. The van der Waals surface area contributed by atoms with Gasteiger partial charge in [-0.2, -0.15) is 8.42 Å². The van der Waals surface area contributed by atoms with Crippen LogP contribution in [-0.4, -0.2) is 53.1 Å². The Morgan fingerprint density at radius 3 is 1.02 bits per heavy atom. The number of aliphatic hydroxyl groups is 2. The van der Waals surface area contributed by atoms with E-state index >= 15 is 0 Å². The van der Waals surface area contributed by atoms with Gasteiger partial charge in [-0.1, -0.05) is 276 Å². The van der Waals surface area contributed by atoms with E-state index in [-0.39, 0.29) is 6.42 Å². The molecule has 4 N–H and O–H groups in total. The molecule has 0 bridgehead atoms. The first-order chi connectivity index (χ1) is 28.7. The molecule has 8 heteroatoms. The van der Waals surface area contributed by atoms with Crippen LogP contribution < -0.4 is 5.32 Å². The highest BCUT2D eigenvalue weighted by Gasteiger charge is 2.27. The van der Waals surface area contributed by atoms with Crippen LogP contribution in [0.15, 0.2) is 12.2 Å². The van der Waals surface area contributed by atoms with Gasteiger partial charge in [-0.05, 0) is 19.3 Å². The highest BCUT2D eigenvalue weighted by atomic mass is 32.2. The molecular weight excluding hydrogens is 755 g/mol. The van der Waals surface area contributed by atoms with Crippen molar-refractivity contribution < 1.29 is 28.0 Å². The van der Waals surface area contributed by atoms with Gasteiger partial charge in [0.15, 0.2) is 0 Å². The van der Waals surface area contributed by atoms with Crippen molar-refractivity contribution in [1.82, 2.24) is 5.32 Å². The number of hydrogen-bond donors (Lipinski definition) is 4. The lowest BCUT2D eigenvalue weighted by molar-refractivity contribution is -0.130. The summed E-state index contributed by atoms with van der Waals surface area (Å²) < 4.78 is 32.7. The van der Waals surface area contributed by atoms with Crippen LogP contribution in [0.3, 0.4) is 0 Å². The largest absolute Gasteiger partial charge is 0.387 e. The van der Waals surface area contributed by atoms with Crippen LogP contribution in [0.5, 0.6) is 0 Å². The predicted molar refractivity (Wildman–Crippen MR) is 255 cm³/mol. The third kappa shape index (κ3) is 44.9. The number of carbonyl (C=O) groups excluding carboxylic acids is 1. The van der Waals surface area contributed by atoms with Crippen molar-refractivity contribution >= 4 is 16.0 Å². The van der Waals surface area contributed by atoms with Crippen molar-refractivity contribution in [3.05, 3.63) is 12.2 Å². The number of unbranched alkanes of at least 4 members (excludes halogenated alkanes) is 39. The van der Waals surface area contributed by atoms with Crippen LogP contribution in [-0.2, 0) is 14.9 Å². The first-order valence-electron chi connectivity index (χ1n) is 26.0. The average molecular weight is 856 g/mol. The molecule has 0 aromatic carbocycles. The Morgan fingerprint density at radius 2 is 0.729 bits per heavy atom. The maximum atomic E-state index is 12.7. The second-order valence-corrected chi connectivity index (χ2v) is 19.8. The standard InChI is InChI=1S/C51H101NO6S/c1-3-5-7-9-11-13-15-17-19-21-23-25-26-28-30-32-34-36-38-40-42-44-46-50(54)51(55)52-48(47-59(56,57)58)49(53)45-43-41-39-37-35-33-31-29-27-24-22-20-18-16-14-12-10-8-6-4-2/h43,45,48-50,53-54H,3-42,44,46-47H2,1-2H3,(H,52,55)(H,56,57,58)/b45-43+. The lowest BCUT2D eigenvalue weighted by Crippen LogP contribution is -2.50. The van der Waals surface area contributed by atoms with E-state index in [1.54, 1.807) is 0 Å². The van der Waals surface area contributed by atoms with E-state index < -0.39 is 40.0 Å². The molecule has 0 aromatic rings. The van der Waals surface area contributed by atoms with E-state index in [1.165, 1.54) is 224 Å². The second kappa shape index (κ2) is 45.1. The maximum absolute atomic E-state index is 12.7. The van der Waals surface area contributed by atoms with Crippen LogP contribution in [0.2, 0.25) is 0 Å². The minimum absolute atomic E-state index is 0.287. The van der Waals surface area contributed by atoms with E-state index in [9.17, 15) is 28.0 Å². The zero-order valence-electron chi connectivity index (χ0n) is 39.3. The molecule has 0 saturated heterocycles. The van der Waals surface area contributed by atoms with Crippen molar-refractivity contribution in [2.45, 2.75) is 302 Å². The smallest absolute Gasteiger partial charge is 0.267 e. The van der Waals surface area contributed by atoms with Crippen LogP contribution in [0, 0.1) is 0 Å². The molecule has 0 heterocycles. The molecule has 0 rings (SSSR count). The molecule has 3 atom stereocenters. The molecule has 1 amide bonds. The van der Waals surface area contributed by atoms with Crippen molar-refractivity contribution in [3.8, 4) is 0 Å². The van der Waals surface area contributed by atoms with E-state index in [0.29, 0.717) is 6.42 Å². The van der Waals surface area contributed by atoms with Gasteiger partial charge >= 0.3 is 0 Å². The van der Waals surface area contributed by atoms with Crippen LogP contribution >= 0.6 is 0 Å². The van der Waals surface area contributed by atoms with Crippen molar-refractivity contribution in [3.63, 3.8) is 0 Å². The monoisotopic (exact) mass is 856 g/mol. The summed E-state index contributed by atoms with van der Waals surface area (Å²) in [5.41, 5.74) is 0. The second-order valence-electron chi connectivity index (χ2n) is 18.3. The molecule has 0 saturated carbocycles. The van der Waals surface area contributed by atoms with E-state index in [2.05, 4.69) is 19.2 Å².